The van der Waals surface area contributed by atoms with E-state index in [1.165, 1.54) is 6.92 Å². The van der Waals surface area contributed by atoms with Gasteiger partial charge in [-0.15, -0.1) is 0 Å². The van der Waals surface area contributed by atoms with Crippen LogP contribution in [0.2, 0.25) is 0 Å². The zero-order valence-electron chi connectivity index (χ0n) is 7.59. The van der Waals surface area contributed by atoms with Gasteiger partial charge >= 0.3 is 5.97 Å². The largest absolute Gasteiger partial charge is 0.480 e. The standard InChI is InChI=1S/C8H14N2O3/c1-6(11)10-8(7(12)13)2-4-9-5-3-8/h9H,2-5H2,1H3,(H,10,11)(H,12,13). The minimum absolute atomic E-state index is 0.288. The third kappa shape index (κ3) is 2.18. The van der Waals surface area contributed by atoms with Crippen molar-refractivity contribution in [1.82, 2.24) is 10.6 Å². The molecule has 0 aromatic rings. The third-order valence-corrected chi connectivity index (χ3v) is 2.28. The summed E-state index contributed by atoms with van der Waals surface area (Å²) < 4.78 is 0. The van der Waals surface area contributed by atoms with Crippen molar-refractivity contribution in [2.24, 2.45) is 0 Å². The summed E-state index contributed by atoms with van der Waals surface area (Å²) in [6, 6.07) is 0. The second-order valence-corrected chi connectivity index (χ2v) is 3.32. The van der Waals surface area contributed by atoms with E-state index in [1.807, 2.05) is 0 Å². The predicted octanol–water partition coefficient (Wildman–Crippen LogP) is -0.671. The van der Waals surface area contributed by atoms with E-state index in [4.69, 9.17) is 5.11 Å². The molecule has 5 heteroatoms. The van der Waals surface area contributed by atoms with Gasteiger partial charge in [-0.05, 0) is 25.9 Å². The predicted molar refractivity (Wildman–Crippen MR) is 46.3 cm³/mol. The number of piperidine rings is 1. The maximum Gasteiger partial charge on any atom is 0.329 e. The lowest BCUT2D eigenvalue weighted by atomic mass is 9.88. The number of rotatable bonds is 2. The molecular formula is C8H14N2O3. The van der Waals surface area contributed by atoms with Crippen molar-refractivity contribution in [2.45, 2.75) is 25.3 Å². The molecule has 0 unspecified atom stereocenters. The number of hydrogen-bond donors (Lipinski definition) is 3. The van der Waals surface area contributed by atoms with Gasteiger partial charge in [0.05, 0.1) is 0 Å². The highest BCUT2D eigenvalue weighted by Gasteiger charge is 2.40. The second-order valence-electron chi connectivity index (χ2n) is 3.32. The first kappa shape index (κ1) is 9.98. The van der Waals surface area contributed by atoms with Crippen LogP contribution in [-0.4, -0.2) is 35.6 Å². The maximum atomic E-state index is 11.0. The molecule has 1 heterocycles. The van der Waals surface area contributed by atoms with Crippen molar-refractivity contribution in [2.75, 3.05) is 13.1 Å². The molecule has 74 valence electrons. The summed E-state index contributed by atoms with van der Waals surface area (Å²) >= 11 is 0. The van der Waals surface area contributed by atoms with Crippen LogP contribution in [0.1, 0.15) is 19.8 Å². The van der Waals surface area contributed by atoms with E-state index >= 15 is 0 Å². The van der Waals surface area contributed by atoms with Gasteiger partial charge in [-0.2, -0.15) is 0 Å². The van der Waals surface area contributed by atoms with Crippen molar-refractivity contribution in [3.05, 3.63) is 0 Å². The molecule has 0 saturated carbocycles. The van der Waals surface area contributed by atoms with Gasteiger partial charge in [0.1, 0.15) is 5.54 Å². The minimum atomic E-state index is -1.04. The maximum absolute atomic E-state index is 11.0. The lowest BCUT2D eigenvalue weighted by Crippen LogP contribution is -2.59. The van der Waals surface area contributed by atoms with E-state index in [9.17, 15) is 9.59 Å². The molecule has 5 nitrogen and oxygen atoms in total. The van der Waals surface area contributed by atoms with Crippen LogP contribution in [0.25, 0.3) is 0 Å². The lowest BCUT2D eigenvalue weighted by molar-refractivity contribution is -0.148. The highest BCUT2D eigenvalue weighted by atomic mass is 16.4. The molecule has 0 aromatic carbocycles. The quantitative estimate of drug-likeness (QED) is 0.534. The van der Waals surface area contributed by atoms with Crippen molar-refractivity contribution in [3.8, 4) is 0 Å². The molecule has 0 aliphatic carbocycles. The third-order valence-electron chi connectivity index (χ3n) is 2.28. The average Bonchev–Trinajstić information content (AvgIpc) is 2.04. The van der Waals surface area contributed by atoms with Crippen LogP contribution in [-0.2, 0) is 9.59 Å². The number of carboxylic acids is 1. The van der Waals surface area contributed by atoms with Gasteiger partial charge in [0.15, 0.2) is 0 Å². The summed E-state index contributed by atoms with van der Waals surface area (Å²) in [6.07, 6.45) is 0.893. The Labute approximate surface area is 76.5 Å². The molecule has 0 spiro atoms. The smallest absolute Gasteiger partial charge is 0.329 e. The lowest BCUT2D eigenvalue weighted by Gasteiger charge is -2.33. The summed E-state index contributed by atoms with van der Waals surface area (Å²) in [5, 5.41) is 14.6. The zero-order valence-corrected chi connectivity index (χ0v) is 7.59. The van der Waals surface area contributed by atoms with E-state index in [0.29, 0.717) is 25.9 Å². The number of hydrogen-bond acceptors (Lipinski definition) is 3. The summed E-state index contributed by atoms with van der Waals surface area (Å²) in [5.41, 5.74) is -1.04. The highest BCUT2D eigenvalue weighted by Crippen LogP contribution is 2.18. The first-order valence-electron chi connectivity index (χ1n) is 4.30. The van der Waals surface area contributed by atoms with E-state index in [2.05, 4.69) is 10.6 Å². The van der Waals surface area contributed by atoms with Gasteiger partial charge in [0, 0.05) is 6.92 Å². The Morgan fingerprint density at radius 3 is 2.31 bits per heavy atom. The Bertz CT molecular complexity index is 221. The summed E-state index contributed by atoms with van der Waals surface area (Å²) in [7, 11) is 0. The van der Waals surface area contributed by atoms with Crippen LogP contribution < -0.4 is 10.6 Å². The molecule has 1 saturated heterocycles. The molecule has 13 heavy (non-hydrogen) atoms. The van der Waals surface area contributed by atoms with Crippen molar-refractivity contribution < 1.29 is 14.7 Å². The van der Waals surface area contributed by atoms with Crippen LogP contribution in [0.5, 0.6) is 0 Å². The molecule has 1 fully saturated rings. The Morgan fingerprint density at radius 1 is 1.38 bits per heavy atom. The fourth-order valence-corrected chi connectivity index (χ4v) is 1.58. The number of amides is 1. The van der Waals surface area contributed by atoms with Crippen molar-refractivity contribution in [1.29, 1.82) is 0 Å². The molecule has 1 rings (SSSR count). The van der Waals surface area contributed by atoms with E-state index in [-0.39, 0.29) is 5.91 Å². The molecule has 0 bridgehead atoms. The van der Waals surface area contributed by atoms with Crippen LogP contribution in [0, 0.1) is 0 Å². The highest BCUT2D eigenvalue weighted by molar-refractivity contribution is 5.86. The van der Waals surface area contributed by atoms with Crippen molar-refractivity contribution >= 4 is 11.9 Å². The Kier molecular flexibility index (Phi) is 2.87. The number of carbonyl (C=O) groups excluding carboxylic acids is 1. The summed E-state index contributed by atoms with van der Waals surface area (Å²) in [4.78, 5) is 21.8. The van der Waals surface area contributed by atoms with Crippen LogP contribution >= 0.6 is 0 Å². The van der Waals surface area contributed by atoms with Gasteiger partial charge in [-0.1, -0.05) is 0 Å². The normalized spacial score (nSPS) is 20.7. The second kappa shape index (κ2) is 3.74. The van der Waals surface area contributed by atoms with E-state index < -0.39 is 11.5 Å². The SMILES string of the molecule is CC(=O)NC1(C(=O)O)CCNCC1. The molecular weight excluding hydrogens is 172 g/mol. The minimum Gasteiger partial charge on any atom is -0.480 e. The molecule has 1 aliphatic heterocycles. The number of aliphatic carboxylic acids is 1. The summed E-state index contributed by atoms with van der Waals surface area (Å²) in [5.74, 6) is -1.23. The van der Waals surface area contributed by atoms with Crippen LogP contribution in [0.4, 0.5) is 0 Å². The monoisotopic (exact) mass is 186 g/mol. The first-order chi connectivity index (χ1) is 6.07. The molecule has 0 radical (unpaired) electrons. The van der Waals surface area contributed by atoms with Gasteiger partial charge < -0.3 is 15.7 Å². The zero-order chi connectivity index (χ0) is 9.90. The first-order valence-corrected chi connectivity index (χ1v) is 4.30. The van der Waals surface area contributed by atoms with Gasteiger partial charge in [0.2, 0.25) is 5.91 Å². The molecule has 3 N–H and O–H groups in total. The number of carboxylic acid groups (broad SMARTS) is 1. The Morgan fingerprint density at radius 2 is 1.92 bits per heavy atom. The molecule has 1 aliphatic rings. The molecule has 0 aromatic heterocycles. The van der Waals surface area contributed by atoms with E-state index in [1.54, 1.807) is 0 Å². The van der Waals surface area contributed by atoms with Crippen LogP contribution in [0.15, 0.2) is 0 Å². The van der Waals surface area contributed by atoms with Crippen molar-refractivity contribution in [3.63, 3.8) is 0 Å². The fourth-order valence-electron chi connectivity index (χ4n) is 1.58. The average molecular weight is 186 g/mol. The topological polar surface area (TPSA) is 78.4 Å². The number of carbonyl (C=O) groups is 2. The van der Waals surface area contributed by atoms with Crippen LogP contribution in [0.3, 0.4) is 0 Å². The van der Waals surface area contributed by atoms with Gasteiger partial charge in [-0.25, -0.2) is 4.79 Å². The Hall–Kier alpha value is -1.10. The Balaban J connectivity index is 2.73. The number of nitrogens with one attached hydrogen (secondary N) is 2. The molecule has 0 atom stereocenters. The van der Waals surface area contributed by atoms with E-state index in [0.717, 1.165) is 0 Å². The van der Waals surface area contributed by atoms with Gasteiger partial charge in [-0.3, -0.25) is 4.79 Å². The molecule has 1 amide bonds. The fraction of sp³-hybridized carbons (Fsp3) is 0.750. The summed E-state index contributed by atoms with van der Waals surface area (Å²) in [6.45, 7) is 2.60. The van der Waals surface area contributed by atoms with Gasteiger partial charge in [0.25, 0.3) is 0 Å².